The second-order valence-corrected chi connectivity index (χ2v) is 10.2. The highest BCUT2D eigenvalue weighted by atomic mass is 127. The van der Waals surface area contributed by atoms with Crippen LogP contribution in [0.5, 0.6) is 0 Å². The highest BCUT2D eigenvalue weighted by molar-refractivity contribution is 14.1. The molecule has 3 aliphatic heterocycles. The lowest BCUT2D eigenvalue weighted by Gasteiger charge is -2.29. The monoisotopic (exact) mass is 460 g/mol. The van der Waals surface area contributed by atoms with Crippen LogP contribution >= 0.6 is 22.6 Å². The fourth-order valence-corrected chi connectivity index (χ4v) is 5.21. The molecule has 0 aliphatic carbocycles. The zero-order valence-electron chi connectivity index (χ0n) is 12.7. The van der Waals surface area contributed by atoms with Crippen molar-refractivity contribution in [2.45, 2.75) is 53.4 Å². The van der Waals surface area contributed by atoms with Gasteiger partial charge in [0.15, 0.2) is 6.10 Å². The quantitative estimate of drug-likeness (QED) is 0.253. The van der Waals surface area contributed by atoms with Crippen LogP contribution in [0.25, 0.3) is 0 Å². The van der Waals surface area contributed by atoms with E-state index in [2.05, 4.69) is 0 Å². The number of hydrogen-bond donors (Lipinski definition) is 0. The molecule has 3 rings (SSSR count). The largest absolute Gasteiger partial charge is 0.469 e. The van der Waals surface area contributed by atoms with Crippen LogP contribution in [0.15, 0.2) is 0 Å². The van der Waals surface area contributed by atoms with E-state index in [0.29, 0.717) is 6.42 Å². The van der Waals surface area contributed by atoms with Gasteiger partial charge < -0.3 is 14.2 Å². The van der Waals surface area contributed by atoms with E-state index < -0.39 is 61.1 Å². The van der Waals surface area contributed by atoms with Crippen molar-refractivity contribution in [3.05, 3.63) is 0 Å². The van der Waals surface area contributed by atoms with E-state index in [4.69, 9.17) is 18.4 Å². The summed E-state index contributed by atoms with van der Waals surface area (Å²) in [4.78, 5) is 24.3. The standard InChI is InChI=1S/C13H17IO8S/c1-4-13(2,14)12(16)21-7-6-5(11(15)19-3)10-9(20-6)8(7)22-23(10,17)18/h5-10H,4H2,1-3H3. The Labute approximate surface area is 147 Å². The van der Waals surface area contributed by atoms with E-state index >= 15 is 0 Å². The molecule has 0 aromatic carbocycles. The summed E-state index contributed by atoms with van der Waals surface area (Å²) in [6, 6.07) is 0. The maximum absolute atomic E-state index is 12.3. The summed E-state index contributed by atoms with van der Waals surface area (Å²) in [7, 11) is -2.79. The van der Waals surface area contributed by atoms with Crippen LogP contribution in [-0.2, 0) is 38.1 Å². The normalized spacial score (nSPS) is 42.3. The van der Waals surface area contributed by atoms with E-state index in [1.807, 2.05) is 29.5 Å². The first-order chi connectivity index (χ1) is 10.6. The molecule has 3 heterocycles. The van der Waals surface area contributed by atoms with Crippen molar-refractivity contribution in [1.82, 2.24) is 0 Å². The van der Waals surface area contributed by atoms with Crippen molar-refractivity contribution < 1.29 is 36.4 Å². The molecule has 3 fully saturated rings. The van der Waals surface area contributed by atoms with E-state index in [1.165, 1.54) is 7.11 Å². The molecule has 7 atom stereocenters. The van der Waals surface area contributed by atoms with Gasteiger partial charge in [-0.25, -0.2) is 0 Å². The summed E-state index contributed by atoms with van der Waals surface area (Å²) in [5.41, 5.74) is 0. The number of esters is 2. The fraction of sp³-hybridized carbons (Fsp3) is 0.846. The van der Waals surface area contributed by atoms with Gasteiger partial charge in [0.05, 0.1) is 7.11 Å². The summed E-state index contributed by atoms with van der Waals surface area (Å²) >= 11 is 1.98. The zero-order valence-corrected chi connectivity index (χ0v) is 15.7. The Hall–Kier alpha value is -0.460. The molecule has 0 N–H and O–H groups in total. The average Bonchev–Trinajstić information content (AvgIpc) is 3.08. The lowest BCUT2D eigenvalue weighted by atomic mass is 9.84. The Bertz CT molecular complexity index is 644. The third kappa shape index (κ3) is 2.48. The maximum Gasteiger partial charge on any atom is 0.322 e. The van der Waals surface area contributed by atoms with Gasteiger partial charge in [0.2, 0.25) is 0 Å². The Morgan fingerprint density at radius 3 is 2.48 bits per heavy atom. The molecule has 0 amide bonds. The topological polar surface area (TPSA) is 105 Å². The molecule has 3 saturated heterocycles. The van der Waals surface area contributed by atoms with Crippen LogP contribution in [0.2, 0.25) is 0 Å². The SMILES string of the molecule is CCC(C)(I)C(=O)OC1C2OS(=O)(=O)C3C2OC1C3C(=O)OC. The molecule has 10 heteroatoms. The molecular formula is C13H17IO8S. The van der Waals surface area contributed by atoms with Crippen LogP contribution in [0.4, 0.5) is 0 Å². The summed E-state index contributed by atoms with van der Waals surface area (Å²) < 4.78 is 44.4. The number of hydrogen-bond acceptors (Lipinski definition) is 8. The molecular weight excluding hydrogens is 443 g/mol. The molecule has 0 aromatic rings. The van der Waals surface area contributed by atoms with Gasteiger partial charge in [-0.1, -0.05) is 29.5 Å². The molecule has 3 aliphatic rings. The summed E-state index contributed by atoms with van der Waals surface area (Å²) in [6.45, 7) is 3.56. The van der Waals surface area contributed by atoms with Gasteiger partial charge in [-0.15, -0.1) is 0 Å². The van der Waals surface area contributed by atoms with E-state index in [9.17, 15) is 18.0 Å². The van der Waals surface area contributed by atoms with Crippen molar-refractivity contribution in [2.24, 2.45) is 5.92 Å². The van der Waals surface area contributed by atoms with Crippen molar-refractivity contribution in [3.63, 3.8) is 0 Å². The van der Waals surface area contributed by atoms with Gasteiger partial charge in [-0.2, -0.15) is 8.42 Å². The Balaban J connectivity index is 1.90. The number of carbonyl (C=O) groups is 2. The zero-order chi connectivity index (χ0) is 17.2. The third-order valence-electron chi connectivity index (χ3n) is 4.70. The van der Waals surface area contributed by atoms with Gasteiger partial charge in [-0.3, -0.25) is 13.8 Å². The number of ether oxygens (including phenoxy) is 3. The lowest BCUT2D eigenvalue weighted by Crippen LogP contribution is -2.51. The first kappa shape index (κ1) is 17.4. The smallest absolute Gasteiger partial charge is 0.322 e. The van der Waals surface area contributed by atoms with Gasteiger partial charge in [0, 0.05) is 0 Å². The summed E-state index contributed by atoms with van der Waals surface area (Å²) in [5, 5.41) is -1.10. The van der Waals surface area contributed by atoms with Gasteiger partial charge >= 0.3 is 11.9 Å². The minimum Gasteiger partial charge on any atom is -0.469 e. The number of rotatable bonds is 4. The summed E-state index contributed by atoms with van der Waals surface area (Å²) in [6.07, 6.45) is -2.97. The molecule has 2 bridgehead atoms. The first-order valence-corrected chi connectivity index (χ1v) is 9.74. The average molecular weight is 460 g/mol. The minimum atomic E-state index is -3.96. The number of methoxy groups -OCH3 is 1. The molecule has 0 spiro atoms. The predicted octanol–water partition coefficient (Wildman–Crippen LogP) is 0.169. The van der Waals surface area contributed by atoms with E-state index in [-0.39, 0.29) is 0 Å². The Morgan fingerprint density at radius 2 is 1.91 bits per heavy atom. The molecule has 7 unspecified atom stereocenters. The summed E-state index contributed by atoms with van der Waals surface area (Å²) in [5.74, 6) is -2.24. The van der Waals surface area contributed by atoms with E-state index in [1.54, 1.807) is 6.92 Å². The fourth-order valence-electron chi connectivity index (χ4n) is 3.26. The highest BCUT2D eigenvalue weighted by Gasteiger charge is 2.74. The molecule has 8 nitrogen and oxygen atoms in total. The minimum absolute atomic E-state index is 0.491. The van der Waals surface area contributed by atoms with Gasteiger partial charge in [0.25, 0.3) is 10.1 Å². The number of fused-ring (bicyclic) bond motifs is 1. The van der Waals surface area contributed by atoms with Crippen molar-refractivity contribution in [3.8, 4) is 0 Å². The number of carbonyl (C=O) groups excluding carboxylic acids is 2. The molecule has 0 radical (unpaired) electrons. The van der Waals surface area contributed by atoms with Crippen LogP contribution in [-0.4, -0.2) is 60.6 Å². The van der Waals surface area contributed by atoms with Crippen molar-refractivity contribution in [2.75, 3.05) is 7.11 Å². The molecule has 0 saturated carbocycles. The second kappa shape index (κ2) is 5.53. The second-order valence-electron chi connectivity index (χ2n) is 6.05. The lowest BCUT2D eigenvalue weighted by molar-refractivity contribution is -0.162. The molecule has 0 aromatic heterocycles. The first-order valence-electron chi connectivity index (χ1n) is 7.19. The Kier molecular flexibility index (Phi) is 4.17. The van der Waals surface area contributed by atoms with Gasteiger partial charge in [0.1, 0.15) is 32.9 Å². The van der Waals surface area contributed by atoms with Crippen molar-refractivity contribution in [1.29, 1.82) is 0 Å². The number of halogens is 1. The number of alkyl halides is 1. The molecule has 23 heavy (non-hydrogen) atoms. The van der Waals surface area contributed by atoms with Crippen LogP contribution in [0.1, 0.15) is 20.3 Å². The van der Waals surface area contributed by atoms with Gasteiger partial charge in [-0.05, 0) is 13.3 Å². The molecule has 130 valence electrons. The van der Waals surface area contributed by atoms with Crippen LogP contribution < -0.4 is 0 Å². The van der Waals surface area contributed by atoms with Crippen molar-refractivity contribution >= 4 is 44.6 Å². The van der Waals surface area contributed by atoms with Crippen LogP contribution in [0, 0.1) is 5.92 Å². The Morgan fingerprint density at radius 1 is 1.26 bits per heavy atom. The van der Waals surface area contributed by atoms with E-state index in [0.717, 1.165) is 0 Å². The highest BCUT2D eigenvalue weighted by Crippen LogP contribution is 2.51. The predicted molar refractivity (Wildman–Crippen MR) is 84.3 cm³/mol. The van der Waals surface area contributed by atoms with Crippen LogP contribution in [0.3, 0.4) is 0 Å². The maximum atomic E-state index is 12.3. The third-order valence-corrected chi connectivity index (χ3v) is 7.62.